The Morgan fingerprint density at radius 1 is 0.841 bits per heavy atom. The highest BCUT2D eigenvalue weighted by Crippen LogP contribution is 2.32. The van der Waals surface area contributed by atoms with E-state index in [1.54, 1.807) is 70.4 Å². The van der Waals surface area contributed by atoms with Crippen LogP contribution < -0.4 is 0 Å². The van der Waals surface area contributed by atoms with Gasteiger partial charge >= 0.3 is 23.9 Å². The molecule has 0 saturated heterocycles. The highest BCUT2D eigenvalue weighted by molar-refractivity contribution is 5.82. The number of allylic oxidation sites excluding steroid dienone is 3. The fourth-order valence-corrected chi connectivity index (χ4v) is 9.04. The third-order valence-electron chi connectivity index (χ3n) is 13.6. The zero-order chi connectivity index (χ0) is 52.4. The van der Waals surface area contributed by atoms with Crippen molar-refractivity contribution in [1.82, 2.24) is 9.80 Å². The molecule has 0 bridgehead atoms. The largest absolute Gasteiger partial charge is 0.462 e. The molecular weight excluding hydrogens is 885 g/mol. The van der Waals surface area contributed by atoms with E-state index in [9.17, 15) is 34.5 Å². The van der Waals surface area contributed by atoms with Gasteiger partial charge in [0.25, 0.3) is 0 Å². The minimum Gasteiger partial charge on any atom is -0.462 e. The van der Waals surface area contributed by atoms with E-state index in [0.717, 1.165) is 24.8 Å². The molecule has 398 valence electrons. The molecule has 1 rings (SSSR count). The molecule has 1 aliphatic rings. The smallest absolute Gasteiger partial charge is 0.331 e. The Labute approximate surface area is 416 Å². The molecule has 15 nitrogen and oxygen atoms in total. The number of cyclic esters (lactones) is 1. The molecule has 1 aliphatic heterocycles. The van der Waals surface area contributed by atoms with E-state index < -0.39 is 78.3 Å². The van der Waals surface area contributed by atoms with Crippen LogP contribution in [0.3, 0.4) is 0 Å². The summed E-state index contributed by atoms with van der Waals surface area (Å²) in [5, 5.41) is 33.2. The molecule has 0 saturated carbocycles. The van der Waals surface area contributed by atoms with Crippen molar-refractivity contribution in [3.63, 3.8) is 0 Å². The number of methoxy groups -OCH3 is 2. The van der Waals surface area contributed by atoms with Crippen LogP contribution in [0.2, 0.25) is 0 Å². The molecule has 1 heterocycles. The first kappa shape index (κ1) is 63.6. The molecule has 69 heavy (non-hydrogen) atoms. The molecule has 15 atom stereocenters. The van der Waals surface area contributed by atoms with E-state index in [0.29, 0.717) is 38.5 Å². The second-order valence-electron chi connectivity index (χ2n) is 20.4. The van der Waals surface area contributed by atoms with E-state index in [4.69, 9.17) is 28.4 Å². The Kier molecular flexibility index (Phi) is 31.3. The number of hydrogen-bond acceptors (Lipinski definition) is 15. The lowest BCUT2D eigenvalue weighted by Crippen LogP contribution is -2.42. The quantitative estimate of drug-likeness (QED) is 0.0635. The van der Waals surface area contributed by atoms with Crippen molar-refractivity contribution in [2.75, 3.05) is 62.1 Å². The Balaban J connectivity index is 3.57. The molecule has 0 aromatic rings. The van der Waals surface area contributed by atoms with Crippen LogP contribution in [0.25, 0.3) is 0 Å². The number of aliphatic hydroxyl groups is 3. The average Bonchev–Trinajstić information content (AvgIpc) is 3.27. The van der Waals surface area contributed by atoms with Crippen LogP contribution in [0, 0.1) is 41.4 Å². The second-order valence-corrected chi connectivity index (χ2v) is 20.4. The van der Waals surface area contributed by atoms with E-state index >= 15 is 0 Å². The number of ether oxygens (including phenoxy) is 6. The van der Waals surface area contributed by atoms with Gasteiger partial charge in [-0.1, -0.05) is 84.9 Å². The minimum atomic E-state index is -0.936. The van der Waals surface area contributed by atoms with Crippen LogP contribution in [0.1, 0.15) is 120 Å². The van der Waals surface area contributed by atoms with Crippen molar-refractivity contribution >= 4 is 23.9 Å². The van der Waals surface area contributed by atoms with Gasteiger partial charge in [0.1, 0.15) is 24.4 Å². The van der Waals surface area contributed by atoms with Gasteiger partial charge in [-0.3, -0.25) is 24.2 Å². The highest BCUT2D eigenvalue weighted by Gasteiger charge is 2.37. The van der Waals surface area contributed by atoms with Gasteiger partial charge in [-0.2, -0.15) is 0 Å². The number of likely N-dealkylation sites (N-methyl/N-ethyl adjacent to an activating group) is 2. The van der Waals surface area contributed by atoms with Crippen molar-refractivity contribution in [2.45, 2.75) is 169 Å². The molecule has 0 fully saturated rings. The Hall–Kier alpha value is -3.44. The first-order valence-corrected chi connectivity index (χ1v) is 25.2. The third-order valence-corrected chi connectivity index (χ3v) is 13.6. The molecule has 0 aromatic heterocycles. The number of rotatable bonds is 20. The normalized spacial score (nSPS) is 29.3. The summed E-state index contributed by atoms with van der Waals surface area (Å²) < 4.78 is 35.6. The monoisotopic (exact) mass is 979 g/mol. The summed E-state index contributed by atoms with van der Waals surface area (Å²) >= 11 is 0. The van der Waals surface area contributed by atoms with Crippen LogP contribution >= 0.6 is 0 Å². The first-order valence-electron chi connectivity index (χ1n) is 25.2. The van der Waals surface area contributed by atoms with Gasteiger partial charge in [0.05, 0.1) is 37.5 Å². The summed E-state index contributed by atoms with van der Waals surface area (Å²) in [5.41, 5.74) is 1.12. The summed E-state index contributed by atoms with van der Waals surface area (Å²) in [6.07, 6.45) is 12.6. The van der Waals surface area contributed by atoms with Crippen molar-refractivity contribution in [3.05, 3.63) is 48.1 Å². The van der Waals surface area contributed by atoms with Crippen LogP contribution in [-0.2, 0) is 47.6 Å². The molecule has 0 spiro atoms. The fourth-order valence-electron chi connectivity index (χ4n) is 9.04. The van der Waals surface area contributed by atoms with Crippen molar-refractivity contribution in [1.29, 1.82) is 0 Å². The lowest BCUT2D eigenvalue weighted by atomic mass is 9.82. The standard InChI is InChI=1S/C54H94N2O13/c1-35-24-25-36(2)45(65-15)28-26-37(3)52(62)40(6)46(68-50(60)33-55(10)11)21-17-16-18-23-49(59)67-47(22-19-20-44(32-35)64-14)41(7)53(63)38(4)27-29-48(69-51(61)34-56(12)13)42(8)54(66-43(9)58)39(5)30-31-57/h16-20,23,25,35,37-42,44-48,52-54,57,62-63H,21-22,24,26-34H2,1-15H3/b17-16+,20-19+,23-18+,36-25+/t35-,37-,38+,39-,40-,41-,42+,44+,45+,46?,47+,48-,52-,53+,54-/m1/s1. The number of nitrogens with zero attached hydrogens (tertiary/aromatic N) is 2. The Morgan fingerprint density at radius 3 is 2.09 bits per heavy atom. The summed E-state index contributed by atoms with van der Waals surface area (Å²) in [4.78, 5) is 55.0. The fraction of sp³-hybridized carbons (Fsp3) is 0.778. The maximum atomic E-state index is 13.5. The van der Waals surface area contributed by atoms with Gasteiger partial charge < -0.3 is 43.7 Å². The van der Waals surface area contributed by atoms with Crippen molar-refractivity contribution in [3.8, 4) is 0 Å². The van der Waals surface area contributed by atoms with Crippen LogP contribution in [0.15, 0.2) is 48.1 Å². The molecular formula is C54H94N2O13. The van der Waals surface area contributed by atoms with E-state index in [1.165, 1.54) is 13.0 Å². The lowest BCUT2D eigenvalue weighted by molar-refractivity contribution is -0.164. The summed E-state index contributed by atoms with van der Waals surface area (Å²) in [6, 6.07) is 0. The van der Waals surface area contributed by atoms with Crippen LogP contribution in [0.5, 0.6) is 0 Å². The van der Waals surface area contributed by atoms with Gasteiger partial charge in [-0.15, -0.1) is 0 Å². The SMILES string of the molecule is CO[C@H]1CC[C@@H](C)[C@@H](O)[C@H](C)C(OC(=O)CN(C)C)C/C=C/C=C/C(=O)O[C@H]([C@@H](C)[C@@H](O)[C@@H](C)CC[C@@H](OC(=O)CN(C)C)[C@H](C)[C@H](OC(C)=O)[C@H](C)CCO)C/C=C/[C@H](OC)C[C@H](C)C/C=C/1C. The molecule has 0 aromatic carbocycles. The minimum absolute atomic E-state index is 0.0533. The highest BCUT2D eigenvalue weighted by atomic mass is 16.6. The van der Waals surface area contributed by atoms with Crippen molar-refractivity contribution in [2.24, 2.45) is 41.4 Å². The molecule has 0 radical (unpaired) electrons. The summed E-state index contributed by atoms with van der Waals surface area (Å²) in [7, 11) is 10.5. The zero-order valence-corrected chi connectivity index (χ0v) is 45.0. The van der Waals surface area contributed by atoms with Gasteiger partial charge in [0, 0.05) is 64.4 Å². The third kappa shape index (κ3) is 25.0. The van der Waals surface area contributed by atoms with Gasteiger partial charge in [-0.05, 0) is 109 Å². The molecule has 0 aliphatic carbocycles. The average molecular weight is 979 g/mol. The lowest BCUT2D eigenvalue weighted by Gasteiger charge is -2.35. The number of carbonyl (C=O) groups excluding carboxylic acids is 4. The molecule has 1 unspecified atom stereocenters. The maximum Gasteiger partial charge on any atom is 0.331 e. The topological polar surface area (TPSA) is 191 Å². The number of esters is 4. The van der Waals surface area contributed by atoms with Gasteiger partial charge in [-0.25, -0.2) is 4.79 Å². The maximum absolute atomic E-state index is 13.5. The van der Waals surface area contributed by atoms with Gasteiger partial charge in [0.2, 0.25) is 0 Å². The summed E-state index contributed by atoms with van der Waals surface area (Å²) in [6.45, 7) is 17.0. The second kappa shape index (κ2) is 34.0. The Bertz CT molecular complexity index is 1610. The number of carbonyl (C=O) groups is 4. The van der Waals surface area contributed by atoms with Crippen LogP contribution in [0.4, 0.5) is 0 Å². The predicted octanol–water partition coefficient (Wildman–Crippen LogP) is 7.11. The zero-order valence-electron chi connectivity index (χ0n) is 45.0. The number of hydrogen-bond donors (Lipinski definition) is 3. The van der Waals surface area contributed by atoms with Crippen LogP contribution in [-0.4, -0.2) is 160 Å². The van der Waals surface area contributed by atoms with Gasteiger partial charge in [0.15, 0.2) is 0 Å². The van der Waals surface area contributed by atoms with E-state index in [-0.39, 0.29) is 55.6 Å². The Morgan fingerprint density at radius 2 is 1.49 bits per heavy atom. The predicted molar refractivity (Wildman–Crippen MR) is 270 cm³/mol. The molecule has 15 heteroatoms. The first-order chi connectivity index (χ1) is 32.4. The van der Waals surface area contributed by atoms with Crippen molar-refractivity contribution < 1.29 is 62.9 Å². The van der Waals surface area contributed by atoms with E-state index in [2.05, 4.69) is 19.9 Å². The molecule has 3 N–H and O–H groups in total. The van der Waals surface area contributed by atoms with E-state index in [1.807, 2.05) is 53.7 Å². The summed E-state index contributed by atoms with van der Waals surface area (Å²) in [5.74, 6) is -3.64. The number of aliphatic hydroxyl groups excluding tert-OH is 3. The molecule has 0 amide bonds.